The number of aliphatic hydroxyl groups excluding tert-OH is 6. The Morgan fingerprint density at radius 3 is 2.17 bits per heavy atom. The highest BCUT2D eigenvalue weighted by molar-refractivity contribution is 5.29. The van der Waals surface area contributed by atoms with Gasteiger partial charge in [0.05, 0.1) is 12.7 Å². The summed E-state index contributed by atoms with van der Waals surface area (Å²) in [7, 11) is 0. The normalized spacial score (nSPS) is 34.0. The van der Waals surface area contributed by atoms with E-state index in [0.717, 1.165) is 0 Å². The molecule has 0 aromatic heterocycles. The molecule has 1 fully saturated rings. The van der Waals surface area contributed by atoms with Gasteiger partial charge in [-0.2, -0.15) is 0 Å². The van der Waals surface area contributed by atoms with Gasteiger partial charge in [0, 0.05) is 0 Å². The lowest BCUT2D eigenvalue weighted by molar-refractivity contribution is -0.277. The first kappa shape index (κ1) is 18.1. The molecule has 7 atom stereocenters. The van der Waals surface area contributed by atoms with Crippen LogP contribution in [0.4, 0.5) is 0 Å². The van der Waals surface area contributed by atoms with Crippen LogP contribution in [0.3, 0.4) is 0 Å². The minimum absolute atomic E-state index is 0.288. The van der Waals surface area contributed by atoms with E-state index in [1.807, 2.05) is 0 Å². The van der Waals surface area contributed by atoms with Crippen molar-refractivity contribution in [1.82, 2.24) is 0 Å². The van der Waals surface area contributed by atoms with Crippen LogP contribution in [0.5, 0.6) is 5.75 Å². The molecule has 1 aromatic rings. The van der Waals surface area contributed by atoms with Crippen LogP contribution in [-0.2, 0) is 4.74 Å². The molecule has 8 nitrogen and oxygen atoms in total. The maximum Gasteiger partial charge on any atom is 0.229 e. The van der Waals surface area contributed by atoms with Crippen molar-refractivity contribution in [1.29, 1.82) is 0 Å². The predicted octanol–water partition coefficient (Wildman–Crippen LogP) is -1.72. The Morgan fingerprint density at radius 1 is 1.04 bits per heavy atom. The van der Waals surface area contributed by atoms with Crippen LogP contribution < -0.4 is 4.74 Å². The molecule has 0 radical (unpaired) electrons. The van der Waals surface area contributed by atoms with Crippen molar-refractivity contribution in [3.05, 3.63) is 29.8 Å². The first-order valence-corrected chi connectivity index (χ1v) is 7.28. The second kappa shape index (κ2) is 7.54. The Kier molecular flexibility index (Phi) is 5.93. The molecule has 0 saturated carbocycles. The molecule has 0 spiro atoms. The topological polar surface area (TPSA) is 140 Å². The van der Waals surface area contributed by atoms with Gasteiger partial charge in [0.25, 0.3) is 0 Å². The summed E-state index contributed by atoms with van der Waals surface area (Å²) in [6, 6.07) is 6.08. The molecule has 1 heterocycles. The number of benzene rings is 1. The largest absolute Gasteiger partial charge is 0.462 e. The fourth-order valence-electron chi connectivity index (χ4n) is 2.32. The van der Waals surface area contributed by atoms with Crippen LogP contribution in [0.15, 0.2) is 24.3 Å². The van der Waals surface area contributed by atoms with Crippen LogP contribution in [0, 0.1) is 0 Å². The zero-order chi connectivity index (χ0) is 17.1. The van der Waals surface area contributed by atoms with Crippen LogP contribution in [0.1, 0.15) is 18.6 Å². The van der Waals surface area contributed by atoms with Crippen LogP contribution in [-0.4, -0.2) is 74.1 Å². The van der Waals surface area contributed by atoms with Crippen molar-refractivity contribution in [3.8, 4) is 5.75 Å². The molecular formula is C15H22O8. The van der Waals surface area contributed by atoms with Gasteiger partial charge in [0.1, 0.15) is 36.3 Å². The van der Waals surface area contributed by atoms with E-state index in [4.69, 9.17) is 14.6 Å². The second-order valence-electron chi connectivity index (χ2n) is 5.57. The summed E-state index contributed by atoms with van der Waals surface area (Å²) < 4.78 is 10.6. The van der Waals surface area contributed by atoms with E-state index in [2.05, 4.69) is 0 Å². The van der Waals surface area contributed by atoms with Crippen molar-refractivity contribution < 1.29 is 40.1 Å². The first-order valence-electron chi connectivity index (χ1n) is 7.28. The van der Waals surface area contributed by atoms with E-state index in [1.165, 1.54) is 31.2 Å². The average molecular weight is 330 g/mol. The van der Waals surface area contributed by atoms with E-state index in [-0.39, 0.29) is 5.75 Å². The minimum atomic E-state index is -1.51. The third-order valence-corrected chi connectivity index (χ3v) is 3.78. The van der Waals surface area contributed by atoms with E-state index in [1.54, 1.807) is 0 Å². The van der Waals surface area contributed by atoms with Crippen LogP contribution >= 0.6 is 0 Å². The molecule has 130 valence electrons. The molecule has 0 aliphatic carbocycles. The zero-order valence-electron chi connectivity index (χ0n) is 12.6. The van der Waals surface area contributed by atoms with Gasteiger partial charge in [-0.3, -0.25) is 0 Å². The van der Waals surface area contributed by atoms with Crippen molar-refractivity contribution in [2.75, 3.05) is 6.61 Å². The Hall–Kier alpha value is -1.26. The summed E-state index contributed by atoms with van der Waals surface area (Å²) >= 11 is 0. The average Bonchev–Trinajstić information content (AvgIpc) is 2.55. The van der Waals surface area contributed by atoms with Crippen LogP contribution in [0.2, 0.25) is 0 Å². The monoisotopic (exact) mass is 330 g/mol. The Bertz CT molecular complexity index is 489. The summed E-state index contributed by atoms with van der Waals surface area (Å²) in [5, 5.41) is 57.5. The summed E-state index contributed by atoms with van der Waals surface area (Å²) in [4.78, 5) is 0. The predicted molar refractivity (Wildman–Crippen MR) is 77.5 cm³/mol. The van der Waals surface area contributed by atoms with E-state index in [9.17, 15) is 25.5 Å². The van der Waals surface area contributed by atoms with Gasteiger partial charge in [0.15, 0.2) is 0 Å². The number of hydrogen-bond acceptors (Lipinski definition) is 8. The molecule has 2 rings (SSSR count). The highest BCUT2D eigenvalue weighted by Gasteiger charge is 2.44. The Labute approximate surface area is 133 Å². The molecule has 0 bridgehead atoms. The number of ether oxygens (including phenoxy) is 2. The van der Waals surface area contributed by atoms with Gasteiger partial charge < -0.3 is 40.1 Å². The maximum atomic E-state index is 9.88. The van der Waals surface area contributed by atoms with Crippen molar-refractivity contribution in [3.63, 3.8) is 0 Å². The number of aliphatic hydroxyl groups is 6. The highest BCUT2D eigenvalue weighted by atomic mass is 16.7. The van der Waals surface area contributed by atoms with Gasteiger partial charge >= 0.3 is 0 Å². The summed E-state index contributed by atoms with van der Waals surface area (Å²) in [5.41, 5.74) is 0.487. The molecular weight excluding hydrogens is 308 g/mol. The molecule has 0 unspecified atom stereocenters. The molecule has 8 heteroatoms. The third-order valence-electron chi connectivity index (χ3n) is 3.78. The van der Waals surface area contributed by atoms with Crippen molar-refractivity contribution in [2.24, 2.45) is 0 Å². The summed E-state index contributed by atoms with van der Waals surface area (Å²) in [5.74, 6) is 0.288. The number of hydrogen-bond donors (Lipinski definition) is 6. The fourth-order valence-corrected chi connectivity index (χ4v) is 2.32. The number of rotatable bonds is 5. The zero-order valence-corrected chi connectivity index (χ0v) is 12.6. The minimum Gasteiger partial charge on any atom is -0.462 e. The standard InChI is InChI=1S/C15H22O8/c1-7(17)11(18)8-2-4-9(5-3-8)22-15-14(21)13(20)12(19)10(6-16)23-15/h2-5,7,10-21H,6H2,1H3/t7-,10-,11-,12-,13+,14-,15-/m1/s1. The van der Waals surface area contributed by atoms with E-state index < -0.39 is 49.5 Å². The Balaban J connectivity index is 2.06. The molecule has 0 amide bonds. The summed E-state index contributed by atoms with van der Waals surface area (Å²) in [6.07, 6.45) is -8.72. The maximum absolute atomic E-state index is 9.88. The van der Waals surface area contributed by atoms with Crippen molar-refractivity contribution >= 4 is 0 Å². The van der Waals surface area contributed by atoms with Gasteiger partial charge in [-0.05, 0) is 24.6 Å². The van der Waals surface area contributed by atoms with E-state index in [0.29, 0.717) is 5.56 Å². The second-order valence-corrected chi connectivity index (χ2v) is 5.57. The fraction of sp³-hybridized carbons (Fsp3) is 0.600. The van der Waals surface area contributed by atoms with E-state index >= 15 is 0 Å². The molecule has 1 aromatic carbocycles. The van der Waals surface area contributed by atoms with Crippen LogP contribution in [0.25, 0.3) is 0 Å². The lowest BCUT2D eigenvalue weighted by Crippen LogP contribution is -2.60. The first-order chi connectivity index (χ1) is 10.8. The third kappa shape index (κ3) is 3.99. The van der Waals surface area contributed by atoms with Crippen molar-refractivity contribution in [2.45, 2.75) is 49.8 Å². The lowest BCUT2D eigenvalue weighted by Gasteiger charge is -2.39. The molecule has 1 aliphatic heterocycles. The summed E-state index contributed by atoms with van der Waals surface area (Å²) in [6.45, 7) is 0.924. The lowest BCUT2D eigenvalue weighted by atomic mass is 9.99. The molecule has 6 N–H and O–H groups in total. The van der Waals surface area contributed by atoms with Gasteiger partial charge in [-0.1, -0.05) is 12.1 Å². The SMILES string of the molecule is C[C@@H](O)[C@@H](O)c1ccc(O[C@@H]2O[C@H](CO)[C@@H](O)[C@H](O)[C@H]2O)cc1. The van der Waals surface area contributed by atoms with Gasteiger partial charge in [0.2, 0.25) is 6.29 Å². The van der Waals surface area contributed by atoms with Gasteiger partial charge in [-0.25, -0.2) is 0 Å². The van der Waals surface area contributed by atoms with Gasteiger partial charge in [-0.15, -0.1) is 0 Å². The molecule has 1 saturated heterocycles. The molecule has 23 heavy (non-hydrogen) atoms. The smallest absolute Gasteiger partial charge is 0.229 e. The molecule has 1 aliphatic rings. The Morgan fingerprint density at radius 2 is 1.65 bits per heavy atom. The highest BCUT2D eigenvalue weighted by Crippen LogP contribution is 2.26. The quantitative estimate of drug-likeness (QED) is 0.375.